The monoisotopic (exact) mass is 438 g/mol. The lowest BCUT2D eigenvalue weighted by atomic mass is 10.1. The van der Waals surface area contributed by atoms with Gasteiger partial charge in [0, 0.05) is 6.42 Å². The largest absolute Gasteiger partial charge is 0.482 e. The van der Waals surface area contributed by atoms with Crippen molar-refractivity contribution in [1.29, 1.82) is 0 Å². The zero-order valence-corrected chi connectivity index (χ0v) is 16.2. The maximum absolute atomic E-state index is 13.2. The molecule has 11 heteroatoms. The van der Waals surface area contributed by atoms with Gasteiger partial charge >= 0.3 is 6.18 Å². The fraction of sp³-hybridized carbons (Fsp3) is 0.250. The van der Waals surface area contributed by atoms with Crippen molar-refractivity contribution in [2.24, 2.45) is 10.8 Å². The lowest BCUT2D eigenvalue weighted by Gasteiger charge is -2.20. The predicted octanol–water partition coefficient (Wildman–Crippen LogP) is 3.13. The molecule has 1 aliphatic rings. The number of halogens is 4. The van der Waals surface area contributed by atoms with Crippen LogP contribution in [0.4, 0.5) is 28.9 Å². The number of hydrazone groups is 1. The lowest BCUT2D eigenvalue weighted by molar-refractivity contribution is -0.153. The summed E-state index contributed by atoms with van der Waals surface area (Å²) in [6, 6.07) is 8.44. The highest BCUT2D eigenvalue weighted by molar-refractivity contribution is 6.44. The average Bonchev–Trinajstić information content (AvgIpc) is 3.14. The standard InChI is InChI=1S/C20H18F4N4O3/c1-11-2-7-14(17(8-11)31-10-20(22,23)24)26-19(30)15-9-16(18(25)29)28(27-15)13-5-3-12(21)4-6-13/h2-8,16H,9-10H2,1H3,(H2,25,29)(H,26,30). The van der Waals surface area contributed by atoms with Gasteiger partial charge in [0.1, 0.15) is 23.3 Å². The van der Waals surface area contributed by atoms with Crippen molar-refractivity contribution in [3.63, 3.8) is 0 Å². The van der Waals surface area contributed by atoms with Crippen LogP contribution in [-0.2, 0) is 9.59 Å². The summed E-state index contributed by atoms with van der Waals surface area (Å²) in [5, 5.41) is 7.77. The van der Waals surface area contributed by atoms with Crippen LogP contribution >= 0.6 is 0 Å². The summed E-state index contributed by atoms with van der Waals surface area (Å²) in [5.74, 6) is -2.14. The molecule has 0 radical (unpaired) electrons. The number of nitrogens with two attached hydrogens (primary N) is 1. The van der Waals surface area contributed by atoms with Crippen LogP contribution in [0.5, 0.6) is 5.75 Å². The van der Waals surface area contributed by atoms with Crippen molar-refractivity contribution in [3.8, 4) is 5.75 Å². The molecular weight excluding hydrogens is 420 g/mol. The number of nitrogens with zero attached hydrogens (tertiary/aromatic N) is 2. The van der Waals surface area contributed by atoms with Crippen LogP contribution in [0.1, 0.15) is 12.0 Å². The van der Waals surface area contributed by atoms with Gasteiger partial charge in [-0.05, 0) is 48.9 Å². The molecular formula is C20H18F4N4O3. The number of carbonyl (C=O) groups is 2. The third kappa shape index (κ3) is 5.50. The summed E-state index contributed by atoms with van der Waals surface area (Å²) < 4.78 is 55.6. The summed E-state index contributed by atoms with van der Waals surface area (Å²) in [5.41, 5.74) is 6.32. The van der Waals surface area contributed by atoms with E-state index in [0.717, 1.165) is 12.1 Å². The molecule has 31 heavy (non-hydrogen) atoms. The van der Waals surface area contributed by atoms with Crippen LogP contribution in [0.25, 0.3) is 0 Å². The van der Waals surface area contributed by atoms with Gasteiger partial charge in [-0.15, -0.1) is 0 Å². The Morgan fingerprint density at radius 2 is 1.90 bits per heavy atom. The second kappa shape index (κ2) is 8.62. The minimum absolute atomic E-state index is 0.0124. The Hall–Kier alpha value is -3.63. The van der Waals surface area contributed by atoms with E-state index in [0.29, 0.717) is 11.3 Å². The van der Waals surface area contributed by atoms with Crippen molar-refractivity contribution in [2.45, 2.75) is 25.6 Å². The second-order valence-electron chi connectivity index (χ2n) is 6.85. The Balaban J connectivity index is 1.82. The molecule has 2 aromatic carbocycles. The Morgan fingerprint density at radius 1 is 1.23 bits per heavy atom. The van der Waals surface area contributed by atoms with E-state index in [2.05, 4.69) is 10.4 Å². The number of primary amides is 1. The predicted molar refractivity (Wildman–Crippen MR) is 105 cm³/mol. The summed E-state index contributed by atoms with van der Waals surface area (Å²) in [4.78, 5) is 24.5. The molecule has 0 aromatic heterocycles. The molecule has 0 spiro atoms. The second-order valence-corrected chi connectivity index (χ2v) is 6.85. The molecule has 2 aromatic rings. The number of benzene rings is 2. The first-order valence-corrected chi connectivity index (χ1v) is 9.06. The molecule has 3 rings (SSSR count). The number of anilines is 2. The van der Waals surface area contributed by atoms with Gasteiger partial charge in [0.2, 0.25) is 5.91 Å². The first-order chi connectivity index (χ1) is 14.5. The first-order valence-electron chi connectivity index (χ1n) is 9.06. The average molecular weight is 438 g/mol. The highest BCUT2D eigenvalue weighted by atomic mass is 19.4. The quantitative estimate of drug-likeness (QED) is 0.678. The summed E-state index contributed by atoms with van der Waals surface area (Å²) in [6.45, 7) is 0.132. The maximum atomic E-state index is 13.2. The molecule has 3 N–H and O–H groups in total. The van der Waals surface area contributed by atoms with Crippen LogP contribution < -0.4 is 20.8 Å². The molecule has 0 saturated heterocycles. The third-order valence-corrected chi connectivity index (χ3v) is 4.37. The summed E-state index contributed by atoms with van der Waals surface area (Å²) >= 11 is 0. The van der Waals surface area contributed by atoms with Gasteiger partial charge in [0.15, 0.2) is 6.61 Å². The number of alkyl halides is 3. The van der Waals surface area contributed by atoms with Gasteiger partial charge in [-0.3, -0.25) is 14.6 Å². The minimum Gasteiger partial charge on any atom is -0.482 e. The van der Waals surface area contributed by atoms with Crippen LogP contribution in [0.2, 0.25) is 0 Å². The number of rotatable bonds is 6. The van der Waals surface area contributed by atoms with E-state index in [1.165, 1.54) is 29.3 Å². The number of hydrogen-bond donors (Lipinski definition) is 2. The fourth-order valence-corrected chi connectivity index (χ4v) is 2.91. The number of ether oxygens (including phenoxy) is 1. The van der Waals surface area contributed by atoms with E-state index in [1.54, 1.807) is 13.0 Å². The highest BCUT2D eigenvalue weighted by Gasteiger charge is 2.35. The summed E-state index contributed by atoms with van der Waals surface area (Å²) in [6.07, 6.45) is -4.69. The van der Waals surface area contributed by atoms with Gasteiger partial charge in [0.05, 0.1) is 11.4 Å². The number of hydrogen-bond acceptors (Lipinski definition) is 5. The van der Waals surface area contributed by atoms with Gasteiger partial charge in [0.25, 0.3) is 5.91 Å². The minimum atomic E-state index is -4.55. The van der Waals surface area contributed by atoms with Crippen molar-refractivity contribution in [1.82, 2.24) is 0 Å². The van der Waals surface area contributed by atoms with Gasteiger partial charge < -0.3 is 15.8 Å². The van der Waals surface area contributed by atoms with Crippen molar-refractivity contribution in [3.05, 3.63) is 53.8 Å². The van der Waals surface area contributed by atoms with Crippen LogP contribution in [0.15, 0.2) is 47.6 Å². The Kier molecular flexibility index (Phi) is 6.14. The van der Waals surface area contributed by atoms with E-state index in [4.69, 9.17) is 10.5 Å². The van der Waals surface area contributed by atoms with Gasteiger partial charge in [-0.25, -0.2) is 4.39 Å². The van der Waals surface area contributed by atoms with E-state index in [9.17, 15) is 27.2 Å². The van der Waals surface area contributed by atoms with E-state index in [1.807, 2.05) is 0 Å². The number of amides is 2. The molecule has 0 saturated carbocycles. The van der Waals surface area contributed by atoms with E-state index in [-0.39, 0.29) is 23.6 Å². The van der Waals surface area contributed by atoms with Gasteiger partial charge in [-0.1, -0.05) is 6.07 Å². The Labute approximate surface area is 174 Å². The first kappa shape index (κ1) is 22.1. The lowest BCUT2D eigenvalue weighted by Crippen LogP contribution is -2.39. The van der Waals surface area contributed by atoms with E-state index >= 15 is 0 Å². The zero-order valence-electron chi connectivity index (χ0n) is 16.2. The third-order valence-electron chi connectivity index (χ3n) is 4.37. The highest BCUT2D eigenvalue weighted by Crippen LogP contribution is 2.29. The molecule has 1 atom stereocenters. The number of nitrogens with one attached hydrogen (secondary N) is 1. The molecule has 1 heterocycles. The number of aryl methyl sites for hydroxylation is 1. The van der Waals surface area contributed by atoms with Gasteiger partial charge in [-0.2, -0.15) is 18.3 Å². The number of carbonyl (C=O) groups excluding carboxylic acids is 2. The zero-order chi connectivity index (χ0) is 22.8. The topological polar surface area (TPSA) is 97.0 Å². The molecule has 0 aliphatic carbocycles. The molecule has 0 bridgehead atoms. The molecule has 1 aliphatic heterocycles. The fourth-order valence-electron chi connectivity index (χ4n) is 2.91. The maximum Gasteiger partial charge on any atom is 0.422 e. The molecule has 164 valence electrons. The Morgan fingerprint density at radius 3 is 2.52 bits per heavy atom. The molecule has 2 amide bonds. The molecule has 0 fully saturated rings. The molecule has 1 unspecified atom stereocenters. The van der Waals surface area contributed by atoms with Crippen LogP contribution in [0.3, 0.4) is 0 Å². The normalized spacial score (nSPS) is 16.1. The van der Waals surface area contributed by atoms with Crippen LogP contribution in [-0.4, -0.2) is 36.4 Å². The summed E-state index contributed by atoms with van der Waals surface area (Å²) in [7, 11) is 0. The Bertz CT molecular complexity index is 1020. The molecule has 7 nitrogen and oxygen atoms in total. The van der Waals surface area contributed by atoms with Crippen molar-refractivity contribution in [2.75, 3.05) is 16.9 Å². The van der Waals surface area contributed by atoms with Crippen LogP contribution in [0, 0.1) is 12.7 Å². The van der Waals surface area contributed by atoms with Crippen molar-refractivity contribution >= 4 is 28.9 Å². The van der Waals surface area contributed by atoms with E-state index < -0.39 is 36.5 Å². The smallest absolute Gasteiger partial charge is 0.422 e. The SMILES string of the molecule is Cc1ccc(NC(=O)C2=NN(c3ccc(F)cc3)C(C(N)=O)C2)c(OCC(F)(F)F)c1. The van der Waals surface area contributed by atoms with Crippen molar-refractivity contribution < 1.29 is 31.9 Å².